The van der Waals surface area contributed by atoms with Crippen molar-refractivity contribution in [3.8, 4) is 28.3 Å². The van der Waals surface area contributed by atoms with Gasteiger partial charge in [0.05, 0.1) is 27.8 Å². The molecule has 6 rings (SSSR count). The van der Waals surface area contributed by atoms with E-state index < -0.39 is 11.9 Å². The molecule has 10 nitrogen and oxygen atoms in total. The number of H-pyrrole nitrogens is 1. The minimum Gasteiger partial charge on any atom is -0.491 e. The smallest absolute Gasteiger partial charge is 0.336 e. The third-order valence-corrected chi connectivity index (χ3v) is 8.15. The van der Waals surface area contributed by atoms with E-state index in [2.05, 4.69) is 36.5 Å². The number of carboxylic acids is 1. The van der Waals surface area contributed by atoms with E-state index >= 15 is 0 Å². The Labute approximate surface area is 255 Å². The number of carbonyl (C=O) groups excluding carboxylic acids is 2. The second-order valence-electron chi connectivity index (χ2n) is 10.7. The van der Waals surface area contributed by atoms with Gasteiger partial charge in [0.2, 0.25) is 0 Å². The summed E-state index contributed by atoms with van der Waals surface area (Å²) in [6.45, 7) is 5.33. The molecule has 0 saturated carbocycles. The molecular weight excluding hydrogens is 614 g/mol. The van der Waals surface area contributed by atoms with Crippen molar-refractivity contribution in [2.45, 2.75) is 20.4 Å². The number of imidazole rings is 1. The fourth-order valence-corrected chi connectivity index (χ4v) is 5.73. The fourth-order valence-electron chi connectivity index (χ4n) is 5.15. The Kier molecular flexibility index (Phi) is 7.49. The third-order valence-electron chi connectivity index (χ3n) is 7.30. The molecule has 11 heteroatoms. The van der Waals surface area contributed by atoms with Crippen LogP contribution >= 0.6 is 15.9 Å². The van der Waals surface area contributed by atoms with Crippen LogP contribution in [0.2, 0.25) is 0 Å². The molecule has 1 aliphatic rings. The monoisotopic (exact) mass is 641 g/mol. The summed E-state index contributed by atoms with van der Waals surface area (Å²) < 4.78 is 8.71. The second kappa shape index (κ2) is 11.4. The summed E-state index contributed by atoms with van der Waals surface area (Å²) in [6, 6.07) is 13.4. The second-order valence-corrected chi connectivity index (χ2v) is 11.5. The molecule has 1 aliphatic heterocycles. The van der Waals surface area contributed by atoms with E-state index in [0.717, 1.165) is 10.9 Å². The standard InChI is InChI=1S/C32H28BrN5O5/c1-17(2)16-36-30(39)18-3-4-19(23(13-18)32(41)42)21-15-27-24(29-35-9-10-38(29)11-12-43-27)14-22(21)31(40)37-26-6-5-25-20(28(26)33)7-8-34-25/h3-10,13-15,17,34H,11-12,16H2,1-2H3,(H,36,39)(H,37,40)(H,41,42). The molecule has 0 saturated heterocycles. The summed E-state index contributed by atoms with van der Waals surface area (Å²) in [5.74, 6) is -0.711. The number of carboxylic acid groups (broad SMARTS) is 1. The lowest BCUT2D eigenvalue weighted by Crippen LogP contribution is -2.27. The van der Waals surface area contributed by atoms with Gasteiger partial charge in [0.15, 0.2) is 0 Å². The molecule has 0 fully saturated rings. The van der Waals surface area contributed by atoms with Gasteiger partial charge in [-0.3, -0.25) is 9.59 Å². The highest BCUT2D eigenvalue weighted by atomic mass is 79.9. The number of ether oxygens (including phenoxy) is 1. The van der Waals surface area contributed by atoms with Gasteiger partial charge in [-0.15, -0.1) is 0 Å². The molecule has 0 bridgehead atoms. The number of aromatic amines is 1. The van der Waals surface area contributed by atoms with Gasteiger partial charge < -0.3 is 30.0 Å². The van der Waals surface area contributed by atoms with Crippen LogP contribution in [0.3, 0.4) is 0 Å². The largest absolute Gasteiger partial charge is 0.491 e. The Balaban J connectivity index is 1.49. The predicted octanol–water partition coefficient (Wildman–Crippen LogP) is 6.19. The zero-order valence-electron chi connectivity index (χ0n) is 23.4. The number of fused-ring (bicyclic) bond motifs is 4. The summed E-state index contributed by atoms with van der Waals surface area (Å²) in [4.78, 5) is 47.0. The maximum absolute atomic E-state index is 14.0. The number of aromatic carboxylic acids is 1. The molecule has 43 heavy (non-hydrogen) atoms. The first kappa shape index (κ1) is 28.2. The predicted molar refractivity (Wildman–Crippen MR) is 167 cm³/mol. The van der Waals surface area contributed by atoms with Gasteiger partial charge in [0, 0.05) is 47.2 Å². The number of amides is 2. The molecule has 218 valence electrons. The van der Waals surface area contributed by atoms with Crippen LogP contribution in [0.15, 0.2) is 71.6 Å². The Morgan fingerprint density at radius 1 is 1.05 bits per heavy atom. The summed E-state index contributed by atoms with van der Waals surface area (Å²) >= 11 is 3.60. The molecule has 0 spiro atoms. The quantitative estimate of drug-likeness (QED) is 0.167. The maximum atomic E-state index is 14.0. The fraction of sp³-hybridized carbons (Fsp3) is 0.188. The van der Waals surface area contributed by atoms with Crippen LogP contribution < -0.4 is 15.4 Å². The summed E-state index contributed by atoms with van der Waals surface area (Å²) in [6.07, 6.45) is 5.34. The van der Waals surface area contributed by atoms with Gasteiger partial charge in [0.25, 0.3) is 11.8 Å². The molecular formula is C32H28BrN5O5. The molecule has 2 amide bonds. The Morgan fingerprint density at radius 2 is 1.88 bits per heavy atom. The molecule has 5 aromatic rings. The Bertz CT molecular complexity index is 1910. The van der Waals surface area contributed by atoms with Crippen molar-refractivity contribution in [1.29, 1.82) is 0 Å². The van der Waals surface area contributed by atoms with Crippen LogP contribution in [0.5, 0.6) is 5.75 Å². The maximum Gasteiger partial charge on any atom is 0.336 e. The number of hydrogen-bond acceptors (Lipinski definition) is 5. The van der Waals surface area contributed by atoms with Crippen LogP contribution in [-0.2, 0) is 6.54 Å². The number of carbonyl (C=O) groups is 3. The van der Waals surface area contributed by atoms with Crippen molar-refractivity contribution in [3.63, 3.8) is 0 Å². The van der Waals surface area contributed by atoms with Gasteiger partial charge in [-0.05, 0) is 75.4 Å². The number of hydrogen-bond donors (Lipinski definition) is 4. The topological polar surface area (TPSA) is 138 Å². The van der Waals surface area contributed by atoms with Gasteiger partial charge >= 0.3 is 5.97 Å². The molecule has 0 unspecified atom stereocenters. The number of rotatable bonds is 7. The number of benzene rings is 3. The molecule has 0 atom stereocenters. The lowest BCUT2D eigenvalue weighted by atomic mass is 9.91. The average molecular weight is 643 g/mol. The first-order valence-electron chi connectivity index (χ1n) is 13.8. The SMILES string of the molecule is CC(C)CNC(=O)c1ccc(-c2cc3c(cc2C(=O)Nc2ccc4[nH]ccc4c2Br)-c2nccn2CCO3)c(C(=O)O)c1. The van der Waals surface area contributed by atoms with Crippen molar-refractivity contribution in [2.75, 3.05) is 18.5 Å². The van der Waals surface area contributed by atoms with E-state index in [1.165, 1.54) is 6.07 Å². The van der Waals surface area contributed by atoms with E-state index in [1.807, 2.05) is 42.9 Å². The molecule has 3 aromatic carbocycles. The van der Waals surface area contributed by atoms with Gasteiger partial charge in [0.1, 0.15) is 18.2 Å². The van der Waals surface area contributed by atoms with E-state index in [4.69, 9.17) is 4.74 Å². The highest BCUT2D eigenvalue weighted by molar-refractivity contribution is 9.10. The zero-order valence-corrected chi connectivity index (χ0v) is 25.0. The summed E-state index contributed by atoms with van der Waals surface area (Å²) in [5.41, 5.74) is 3.01. The van der Waals surface area contributed by atoms with E-state index in [-0.39, 0.29) is 34.1 Å². The van der Waals surface area contributed by atoms with Crippen LogP contribution in [0.4, 0.5) is 5.69 Å². The highest BCUT2D eigenvalue weighted by Crippen LogP contribution is 2.40. The zero-order chi connectivity index (χ0) is 30.2. The first-order valence-corrected chi connectivity index (χ1v) is 14.6. The minimum absolute atomic E-state index is 0.115. The first-order chi connectivity index (χ1) is 20.7. The molecule has 3 heterocycles. The number of halogens is 1. The molecule has 0 aliphatic carbocycles. The number of nitrogens with one attached hydrogen (secondary N) is 3. The number of anilines is 1. The normalized spacial score (nSPS) is 12.3. The minimum atomic E-state index is -1.23. The average Bonchev–Trinajstić information content (AvgIpc) is 3.64. The van der Waals surface area contributed by atoms with Crippen LogP contribution in [0.25, 0.3) is 33.4 Å². The van der Waals surface area contributed by atoms with Crippen molar-refractivity contribution < 1.29 is 24.2 Å². The lowest BCUT2D eigenvalue weighted by Gasteiger charge is -2.18. The van der Waals surface area contributed by atoms with Crippen molar-refractivity contribution in [3.05, 3.63) is 88.3 Å². The third kappa shape index (κ3) is 5.39. The van der Waals surface area contributed by atoms with Crippen molar-refractivity contribution in [1.82, 2.24) is 19.9 Å². The highest BCUT2D eigenvalue weighted by Gasteiger charge is 2.26. The molecule has 4 N–H and O–H groups in total. The van der Waals surface area contributed by atoms with Crippen LogP contribution in [0, 0.1) is 5.92 Å². The van der Waals surface area contributed by atoms with E-state index in [0.29, 0.717) is 52.6 Å². The molecule has 2 aromatic heterocycles. The van der Waals surface area contributed by atoms with Gasteiger partial charge in [-0.1, -0.05) is 19.9 Å². The van der Waals surface area contributed by atoms with E-state index in [1.54, 1.807) is 36.5 Å². The summed E-state index contributed by atoms with van der Waals surface area (Å²) in [5, 5.41) is 16.9. The number of nitrogens with zero attached hydrogens (tertiary/aromatic N) is 2. The lowest BCUT2D eigenvalue weighted by molar-refractivity contribution is 0.0697. The molecule has 0 radical (unpaired) electrons. The van der Waals surface area contributed by atoms with Crippen LogP contribution in [-0.4, -0.2) is 50.6 Å². The van der Waals surface area contributed by atoms with Crippen molar-refractivity contribution >= 4 is 50.3 Å². The number of aromatic nitrogens is 3. The van der Waals surface area contributed by atoms with Gasteiger partial charge in [-0.25, -0.2) is 9.78 Å². The van der Waals surface area contributed by atoms with Crippen molar-refractivity contribution in [2.24, 2.45) is 5.92 Å². The Morgan fingerprint density at radius 3 is 2.67 bits per heavy atom. The van der Waals surface area contributed by atoms with E-state index in [9.17, 15) is 19.5 Å². The Hall–Kier alpha value is -4.90. The summed E-state index contributed by atoms with van der Waals surface area (Å²) in [7, 11) is 0. The van der Waals surface area contributed by atoms with Crippen LogP contribution in [0.1, 0.15) is 44.9 Å². The van der Waals surface area contributed by atoms with Gasteiger partial charge in [-0.2, -0.15) is 0 Å².